The highest BCUT2D eigenvalue weighted by Gasteiger charge is 2.06. The summed E-state index contributed by atoms with van der Waals surface area (Å²) in [5.41, 5.74) is 2.69. The first-order valence-corrected chi connectivity index (χ1v) is 3.66. The molecule has 0 fully saturated rings. The molecule has 0 spiro atoms. The quantitative estimate of drug-likeness (QED) is 0.575. The van der Waals surface area contributed by atoms with Crippen LogP contribution in [-0.2, 0) is 0 Å². The SMILES string of the molecule is CCN[N+]#CC(C#N)NCC. The Bertz CT molecular complexity index is 183. The summed E-state index contributed by atoms with van der Waals surface area (Å²) < 4.78 is 0. The van der Waals surface area contributed by atoms with Crippen LogP contribution in [-0.4, -0.2) is 19.1 Å². The monoisotopic (exact) mass is 153 g/mol. The zero-order valence-electron chi connectivity index (χ0n) is 6.89. The minimum absolute atomic E-state index is 0.404. The molecule has 60 valence electrons. The van der Waals surface area contributed by atoms with Crippen LogP contribution in [0.25, 0.3) is 4.95 Å². The van der Waals surface area contributed by atoms with E-state index in [9.17, 15) is 0 Å². The Balaban J connectivity index is 3.72. The Morgan fingerprint density at radius 2 is 2.18 bits per heavy atom. The second kappa shape index (κ2) is 6.85. The van der Waals surface area contributed by atoms with Crippen molar-refractivity contribution >= 4 is 0 Å². The second-order valence-corrected chi connectivity index (χ2v) is 1.87. The molecule has 0 aromatic heterocycles. The Morgan fingerprint density at radius 3 is 2.64 bits per heavy atom. The predicted molar refractivity (Wildman–Crippen MR) is 44.0 cm³/mol. The second-order valence-electron chi connectivity index (χ2n) is 1.87. The highest BCUT2D eigenvalue weighted by Crippen LogP contribution is 1.76. The number of rotatable bonds is 3. The molecular weight excluding hydrogens is 140 g/mol. The molecule has 4 nitrogen and oxygen atoms in total. The lowest BCUT2D eigenvalue weighted by atomic mass is 10.4. The Hall–Kier alpha value is -1.26. The normalized spacial score (nSPS) is 10.6. The number of hydrogen-bond acceptors (Lipinski definition) is 3. The molecule has 0 amide bonds. The Kier molecular flexibility index (Phi) is 6.07. The van der Waals surface area contributed by atoms with Crippen molar-refractivity contribution in [1.29, 1.82) is 5.26 Å². The van der Waals surface area contributed by atoms with Gasteiger partial charge in [0.1, 0.15) is 6.07 Å². The lowest BCUT2D eigenvalue weighted by Gasteiger charge is -1.92. The minimum atomic E-state index is -0.404. The van der Waals surface area contributed by atoms with Crippen molar-refractivity contribution in [3.63, 3.8) is 0 Å². The largest absolute Gasteiger partial charge is 0.353 e. The van der Waals surface area contributed by atoms with Gasteiger partial charge in [0.15, 0.2) is 0 Å². The van der Waals surface area contributed by atoms with E-state index in [1.807, 2.05) is 19.9 Å². The number of nitrogens with one attached hydrogen (secondary N) is 2. The third-order valence-corrected chi connectivity index (χ3v) is 0.968. The standard InChI is InChI=1S/C7H13N4/c1-3-9-7(5-8)6-11-10-4-2/h7,9-10H,3-4H2,1-2H3/q+1. The van der Waals surface area contributed by atoms with Gasteiger partial charge in [0.05, 0.1) is 11.5 Å². The van der Waals surface area contributed by atoms with Crippen LogP contribution >= 0.6 is 0 Å². The van der Waals surface area contributed by atoms with Gasteiger partial charge < -0.3 is 0 Å². The van der Waals surface area contributed by atoms with E-state index in [2.05, 4.69) is 21.8 Å². The summed E-state index contributed by atoms with van der Waals surface area (Å²) in [7, 11) is 0. The molecule has 0 bridgehead atoms. The fourth-order valence-corrected chi connectivity index (χ4v) is 0.514. The van der Waals surface area contributed by atoms with Crippen molar-refractivity contribution < 1.29 is 0 Å². The summed E-state index contributed by atoms with van der Waals surface area (Å²) in [5, 5.41) is 11.4. The summed E-state index contributed by atoms with van der Waals surface area (Å²) in [6, 6.07) is 4.22. The van der Waals surface area contributed by atoms with Crippen LogP contribution in [0.5, 0.6) is 0 Å². The molecule has 0 aliphatic rings. The highest BCUT2D eigenvalue weighted by molar-refractivity contribution is 5.10. The fourth-order valence-electron chi connectivity index (χ4n) is 0.514. The van der Waals surface area contributed by atoms with E-state index in [0.717, 1.165) is 13.1 Å². The van der Waals surface area contributed by atoms with Crippen LogP contribution in [0.4, 0.5) is 0 Å². The summed E-state index contributed by atoms with van der Waals surface area (Å²) in [4.78, 5) is 3.69. The molecule has 0 aliphatic heterocycles. The van der Waals surface area contributed by atoms with Gasteiger partial charge in [-0.15, -0.1) is 0 Å². The van der Waals surface area contributed by atoms with Crippen LogP contribution < -0.4 is 10.7 Å². The molecular formula is C7H13N4+. The average Bonchev–Trinajstić information content (AvgIpc) is 2.03. The van der Waals surface area contributed by atoms with Crippen molar-refractivity contribution in [2.24, 2.45) is 0 Å². The lowest BCUT2D eigenvalue weighted by molar-refractivity contribution is 0.727. The zero-order chi connectivity index (χ0) is 8.53. The van der Waals surface area contributed by atoms with Gasteiger partial charge in [-0.3, -0.25) is 5.32 Å². The molecule has 0 aromatic rings. The molecule has 0 rings (SSSR count). The number of nitrogens with zero attached hydrogens (tertiary/aromatic N) is 2. The average molecular weight is 153 g/mol. The number of hydrogen-bond donors (Lipinski definition) is 2. The highest BCUT2D eigenvalue weighted by atomic mass is 15.2. The van der Waals surface area contributed by atoms with E-state index in [1.165, 1.54) is 0 Å². The van der Waals surface area contributed by atoms with Crippen molar-refractivity contribution in [3.8, 4) is 12.1 Å². The minimum Gasteiger partial charge on any atom is -0.287 e. The maximum atomic E-state index is 8.49. The molecule has 11 heavy (non-hydrogen) atoms. The third-order valence-electron chi connectivity index (χ3n) is 0.968. The summed E-state index contributed by atoms with van der Waals surface area (Å²) >= 11 is 0. The van der Waals surface area contributed by atoms with E-state index in [1.54, 1.807) is 0 Å². The first-order valence-electron chi connectivity index (χ1n) is 3.66. The first-order chi connectivity index (χ1) is 5.35. The van der Waals surface area contributed by atoms with Crippen LogP contribution in [0, 0.1) is 17.4 Å². The third kappa shape index (κ3) is 5.20. The van der Waals surface area contributed by atoms with Gasteiger partial charge in [-0.1, -0.05) is 12.3 Å². The predicted octanol–water partition coefficient (Wildman–Crippen LogP) is 0.345. The first kappa shape index (κ1) is 9.74. The molecule has 1 unspecified atom stereocenters. The molecule has 0 saturated carbocycles. The maximum Gasteiger partial charge on any atom is 0.353 e. The number of nitriles is 1. The molecule has 0 aromatic carbocycles. The summed E-state index contributed by atoms with van der Waals surface area (Å²) in [6.07, 6.45) is 0. The van der Waals surface area contributed by atoms with Crippen molar-refractivity contribution in [1.82, 2.24) is 10.7 Å². The molecule has 0 heterocycles. The molecule has 1 atom stereocenters. The molecule has 0 aliphatic carbocycles. The van der Waals surface area contributed by atoms with Gasteiger partial charge in [0.25, 0.3) is 0 Å². The van der Waals surface area contributed by atoms with Crippen LogP contribution in [0.1, 0.15) is 13.8 Å². The van der Waals surface area contributed by atoms with Gasteiger partial charge in [0.2, 0.25) is 6.04 Å². The van der Waals surface area contributed by atoms with E-state index < -0.39 is 6.04 Å². The van der Waals surface area contributed by atoms with Crippen LogP contribution in [0.2, 0.25) is 0 Å². The van der Waals surface area contributed by atoms with E-state index >= 15 is 0 Å². The summed E-state index contributed by atoms with van der Waals surface area (Å²) in [5.74, 6) is 0. The van der Waals surface area contributed by atoms with Crippen molar-refractivity contribution in [2.75, 3.05) is 13.1 Å². The van der Waals surface area contributed by atoms with Gasteiger partial charge >= 0.3 is 6.07 Å². The Labute approximate surface area is 67.0 Å². The lowest BCUT2D eigenvalue weighted by Crippen LogP contribution is -2.25. The summed E-state index contributed by atoms with van der Waals surface area (Å²) in [6.45, 7) is 5.35. The smallest absolute Gasteiger partial charge is 0.287 e. The molecule has 0 radical (unpaired) electrons. The van der Waals surface area contributed by atoms with Gasteiger partial charge in [-0.05, 0) is 13.5 Å². The topological polar surface area (TPSA) is 52.2 Å². The van der Waals surface area contributed by atoms with E-state index in [-0.39, 0.29) is 0 Å². The van der Waals surface area contributed by atoms with Crippen molar-refractivity contribution in [2.45, 2.75) is 19.9 Å². The van der Waals surface area contributed by atoms with Crippen molar-refractivity contribution in [3.05, 3.63) is 4.95 Å². The molecule has 4 heteroatoms. The van der Waals surface area contributed by atoms with E-state index in [0.29, 0.717) is 0 Å². The van der Waals surface area contributed by atoms with E-state index in [4.69, 9.17) is 5.26 Å². The fraction of sp³-hybridized carbons (Fsp3) is 0.714. The molecule has 2 N–H and O–H groups in total. The Morgan fingerprint density at radius 1 is 1.45 bits per heavy atom. The van der Waals surface area contributed by atoms with Gasteiger partial charge in [-0.25, -0.2) is 0 Å². The van der Waals surface area contributed by atoms with Crippen LogP contribution in [0.15, 0.2) is 0 Å². The van der Waals surface area contributed by atoms with Gasteiger partial charge in [-0.2, -0.15) is 5.26 Å². The maximum absolute atomic E-state index is 8.49. The van der Waals surface area contributed by atoms with Gasteiger partial charge in [0, 0.05) is 0 Å². The zero-order valence-corrected chi connectivity index (χ0v) is 6.89. The molecule has 0 saturated heterocycles. The van der Waals surface area contributed by atoms with Crippen LogP contribution in [0.3, 0.4) is 0 Å².